The predicted molar refractivity (Wildman–Crippen MR) is 62.1 cm³/mol. The summed E-state index contributed by atoms with van der Waals surface area (Å²) in [6.45, 7) is 8.49. The molecule has 2 unspecified atom stereocenters. The van der Waals surface area contributed by atoms with E-state index in [0.29, 0.717) is 5.92 Å². The third-order valence-corrected chi connectivity index (χ3v) is 5.57. The fourth-order valence-corrected chi connectivity index (χ4v) is 4.08. The van der Waals surface area contributed by atoms with Crippen LogP contribution in [-0.2, 0) is 13.6 Å². The Kier molecular flexibility index (Phi) is 5.47. The van der Waals surface area contributed by atoms with Crippen molar-refractivity contribution in [1.29, 1.82) is 0 Å². The molecule has 0 bridgehead atoms. The number of rotatable bonds is 4. The van der Waals surface area contributed by atoms with Crippen LogP contribution in [0, 0.1) is 5.92 Å². The molecule has 84 valence electrons. The number of hydrogen-bond donors (Lipinski definition) is 1. The van der Waals surface area contributed by atoms with Gasteiger partial charge in [0.05, 0.1) is 11.0 Å². The molecular formula is C9H20O3SSi. The zero-order valence-corrected chi connectivity index (χ0v) is 11.2. The van der Waals surface area contributed by atoms with Crippen molar-refractivity contribution >= 4 is 21.9 Å². The molecule has 0 aromatic heterocycles. The van der Waals surface area contributed by atoms with E-state index in [9.17, 15) is 0 Å². The van der Waals surface area contributed by atoms with Crippen molar-refractivity contribution < 1.29 is 13.6 Å². The van der Waals surface area contributed by atoms with Crippen LogP contribution in [0.25, 0.3) is 0 Å². The van der Waals surface area contributed by atoms with E-state index >= 15 is 0 Å². The Hall–Kier alpha value is 0.447. The quantitative estimate of drug-likeness (QED) is 0.586. The molecule has 1 heterocycles. The van der Waals surface area contributed by atoms with Crippen molar-refractivity contribution in [2.45, 2.75) is 31.7 Å². The molecule has 1 rings (SSSR count). The molecule has 0 radical (unpaired) electrons. The first-order valence-electron chi connectivity index (χ1n) is 5.18. The fourth-order valence-electron chi connectivity index (χ4n) is 1.39. The molecule has 0 spiro atoms. The highest BCUT2D eigenvalue weighted by Crippen LogP contribution is 2.17. The van der Waals surface area contributed by atoms with Gasteiger partial charge in [0, 0.05) is 25.7 Å². The molecule has 0 aliphatic carbocycles. The van der Waals surface area contributed by atoms with Gasteiger partial charge in [0.1, 0.15) is 0 Å². The summed E-state index contributed by atoms with van der Waals surface area (Å²) in [5.74, 6) is 0.515. The van der Waals surface area contributed by atoms with Crippen LogP contribution in [0.3, 0.4) is 0 Å². The fraction of sp³-hybridized carbons (Fsp3) is 1.00. The van der Waals surface area contributed by atoms with E-state index in [2.05, 4.69) is 19.6 Å². The average molecular weight is 236 g/mol. The van der Waals surface area contributed by atoms with Gasteiger partial charge in [-0.15, -0.1) is 0 Å². The van der Waals surface area contributed by atoms with Crippen molar-refractivity contribution in [3.8, 4) is 0 Å². The van der Waals surface area contributed by atoms with Crippen molar-refractivity contribution in [1.82, 2.24) is 0 Å². The Bertz CT molecular complexity index is 162. The van der Waals surface area contributed by atoms with Gasteiger partial charge in [0.15, 0.2) is 0 Å². The largest absolute Gasteiger partial charge is 0.395 e. The standard InChI is InChI=1S/C9H20O3SSi/c1-4-10-8(3)9(13)14-11-5-7(2)6-12-14/h7-9,13-14H,4-6H2,1-3H3. The minimum atomic E-state index is -1.61. The normalized spacial score (nSPS) is 32.6. The zero-order chi connectivity index (χ0) is 10.6. The summed E-state index contributed by atoms with van der Waals surface area (Å²) in [4.78, 5) is 0.127. The first-order valence-corrected chi connectivity index (χ1v) is 7.30. The summed E-state index contributed by atoms with van der Waals surface area (Å²) in [5.41, 5.74) is 0. The topological polar surface area (TPSA) is 27.7 Å². The number of ether oxygens (including phenoxy) is 1. The van der Waals surface area contributed by atoms with Gasteiger partial charge in [-0.3, -0.25) is 0 Å². The lowest BCUT2D eigenvalue weighted by molar-refractivity contribution is 0.0534. The first-order chi connectivity index (χ1) is 6.65. The molecule has 1 fully saturated rings. The monoisotopic (exact) mass is 236 g/mol. The van der Waals surface area contributed by atoms with E-state index in [1.807, 2.05) is 13.8 Å². The first kappa shape index (κ1) is 12.5. The molecule has 0 amide bonds. The highest BCUT2D eigenvalue weighted by Gasteiger charge is 2.32. The Morgan fingerprint density at radius 2 is 2.07 bits per heavy atom. The van der Waals surface area contributed by atoms with Crippen LogP contribution in [0.2, 0.25) is 0 Å². The van der Waals surface area contributed by atoms with Gasteiger partial charge in [-0.25, -0.2) is 0 Å². The molecule has 0 N–H and O–H groups in total. The second kappa shape index (κ2) is 6.12. The molecule has 2 atom stereocenters. The molecule has 5 heteroatoms. The minimum Gasteiger partial charge on any atom is -0.395 e. The van der Waals surface area contributed by atoms with Crippen LogP contribution in [0.1, 0.15) is 20.8 Å². The summed E-state index contributed by atoms with van der Waals surface area (Å²) in [6.07, 6.45) is 0.119. The van der Waals surface area contributed by atoms with Gasteiger partial charge >= 0.3 is 9.28 Å². The molecular weight excluding hydrogens is 216 g/mol. The highest BCUT2D eigenvalue weighted by molar-refractivity contribution is 7.82. The van der Waals surface area contributed by atoms with Crippen LogP contribution >= 0.6 is 12.6 Å². The molecule has 1 aliphatic heterocycles. The minimum absolute atomic E-state index is 0.119. The maximum atomic E-state index is 5.68. The summed E-state index contributed by atoms with van der Waals surface area (Å²) >= 11 is 4.52. The predicted octanol–water partition coefficient (Wildman–Crippen LogP) is 1.15. The summed E-state index contributed by atoms with van der Waals surface area (Å²) < 4.78 is 16.8. The van der Waals surface area contributed by atoms with Crippen LogP contribution in [0.15, 0.2) is 0 Å². The SMILES string of the molecule is CCOC(C)C(S)[SiH]1OCC(C)CO1. The lowest BCUT2D eigenvalue weighted by atomic mass is 10.2. The smallest absolute Gasteiger partial charge is 0.337 e. The van der Waals surface area contributed by atoms with E-state index in [0.717, 1.165) is 19.8 Å². The second-order valence-electron chi connectivity index (χ2n) is 3.79. The summed E-state index contributed by atoms with van der Waals surface area (Å²) in [5, 5.41) is 0. The van der Waals surface area contributed by atoms with E-state index in [1.54, 1.807) is 0 Å². The van der Waals surface area contributed by atoms with Crippen molar-refractivity contribution in [2.75, 3.05) is 19.8 Å². The van der Waals surface area contributed by atoms with Gasteiger partial charge in [0.2, 0.25) is 0 Å². The summed E-state index contributed by atoms with van der Waals surface area (Å²) in [6, 6.07) is 0. The molecule has 1 saturated heterocycles. The number of hydrogen-bond acceptors (Lipinski definition) is 4. The van der Waals surface area contributed by atoms with Crippen LogP contribution in [0.4, 0.5) is 0 Å². The number of thiol groups is 1. The van der Waals surface area contributed by atoms with Crippen LogP contribution in [0.5, 0.6) is 0 Å². The second-order valence-corrected chi connectivity index (χ2v) is 7.07. The maximum Gasteiger partial charge on any atom is 0.337 e. The highest BCUT2D eigenvalue weighted by atomic mass is 32.1. The lowest BCUT2D eigenvalue weighted by Gasteiger charge is -2.31. The summed E-state index contributed by atoms with van der Waals surface area (Å²) in [7, 11) is -1.61. The van der Waals surface area contributed by atoms with E-state index < -0.39 is 9.28 Å². The third-order valence-electron chi connectivity index (χ3n) is 2.28. The Labute approximate surface area is 93.4 Å². The van der Waals surface area contributed by atoms with Gasteiger partial charge in [-0.05, 0) is 13.8 Å². The Morgan fingerprint density at radius 1 is 1.50 bits per heavy atom. The molecule has 14 heavy (non-hydrogen) atoms. The third kappa shape index (κ3) is 3.55. The zero-order valence-electron chi connectivity index (χ0n) is 9.10. The van der Waals surface area contributed by atoms with Crippen molar-refractivity contribution in [3.05, 3.63) is 0 Å². The van der Waals surface area contributed by atoms with Gasteiger partial charge < -0.3 is 13.6 Å². The van der Waals surface area contributed by atoms with Crippen molar-refractivity contribution in [3.63, 3.8) is 0 Å². The Balaban J connectivity index is 2.33. The molecule has 0 saturated carbocycles. The molecule has 3 nitrogen and oxygen atoms in total. The van der Waals surface area contributed by atoms with E-state index in [1.165, 1.54) is 0 Å². The van der Waals surface area contributed by atoms with E-state index in [-0.39, 0.29) is 11.0 Å². The molecule has 0 aromatic carbocycles. The lowest BCUT2D eigenvalue weighted by Crippen LogP contribution is -2.46. The van der Waals surface area contributed by atoms with Gasteiger partial charge in [-0.1, -0.05) is 6.92 Å². The van der Waals surface area contributed by atoms with Gasteiger partial charge in [-0.2, -0.15) is 12.6 Å². The average Bonchev–Trinajstić information content (AvgIpc) is 2.18. The Morgan fingerprint density at radius 3 is 2.57 bits per heavy atom. The molecule has 1 aliphatic rings. The van der Waals surface area contributed by atoms with Crippen LogP contribution in [-0.4, -0.2) is 40.1 Å². The van der Waals surface area contributed by atoms with E-state index in [4.69, 9.17) is 13.6 Å². The maximum absolute atomic E-state index is 5.68. The van der Waals surface area contributed by atoms with Gasteiger partial charge in [0.25, 0.3) is 0 Å². The molecule has 0 aromatic rings. The van der Waals surface area contributed by atoms with Crippen LogP contribution < -0.4 is 0 Å². The van der Waals surface area contributed by atoms with Crippen molar-refractivity contribution in [2.24, 2.45) is 5.92 Å².